The van der Waals surface area contributed by atoms with Crippen LogP contribution in [-0.2, 0) is 6.54 Å². The van der Waals surface area contributed by atoms with Crippen molar-refractivity contribution in [2.75, 3.05) is 18.9 Å². The molecule has 0 radical (unpaired) electrons. The first-order valence-electron chi connectivity index (χ1n) is 6.47. The Kier molecular flexibility index (Phi) is 3.20. The molecule has 2 atom stereocenters. The number of aliphatic hydroxyl groups excluding tert-OH is 2. The molecular formula is C12H17N5O3. The molecule has 0 amide bonds. The first-order chi connectivity index (χ1) is 9.58. The smallest absolute Gasteiger partial charge is 0.276 e. The Labute approximate surface area is 114 Å². The molecule has 1 saturated heterocycles. The zero-order valence-electron chi connectivity index (χ0n) is 10.8. The summed E-state index contributed by atoms with van der Waals surface area (Å²) in [6.45, 7) is 0.990. The molecule has 1 aliphatic heterocycles. The van der Waals surface area contributed by atoms with E-state index < -0.39 is 6.10 Å². The molecule has 0 saturated carbocycles. The number of β-amino-alcohol motifs (C(OH)–C–C–N with tert-alkyl or cyclic N) is 1. The van der Waals surface area contributed by atoms with Gasteiger partial charge >= 0.3 is 0 Å². The van der Waals surface area contributed by atoms with Crippen LogP contribution < -0.4 is 11.3 Å². The quantitative estimate of drug-likeness (QED) is 0.477. The molecule has 2 aromatic rings. The molecule has 8 heteroatoms. The fraction of sp³-hybridized carbons (Fsp3) is 0.500. The fourth-order valence-electron chi connectivity index (χ4n) is 2.76. The van der Waals surface area contributed by atoms with Gasteiger partial charge in [0.15, 0.2) is 0 Å². The van der Waals surface area contributed by atoms with Gasteiger partial charge in [-0.3, -0.25) is 14.7 Å². The highest BCUT2D eigenvalue weighted by molar-refractivity contribution is 5.78. The summed E-state index contributed by atoms with van der Waals surface area (Å²) < 4.78 is 0. The van der Waals surface area contributed by atoms with Crippen LogP contribution in [0.25, 0.3) is 11.0 Å². The number of nitrogens with two attached hydrogens (primary N) is 1. The van der Waals surface area contributed by atoms with Crippen molar-refractivity contribution in [3.63, 3.8) is 0 Å². The van der Waals surface area contributed by atoms with Crippen molar-refractivity contribution in [2.45, 2.75) is 25.1 Å². The number of aromatic amines is 2. The average Bonchev–Trinajstić information content (AvgIpc) is 2.94. The summed E-state index contributed by atoms with van der Waals surface area (Å²) >= 11 is 0. The van der Waals surface area contributed by atoms with Crippen LogP contribution in [0, 0.1) is 0 Å². The van der Waals surface area contributed by atoms with Crippen LogP contribution in [0.3, 0.4) is 0 Å². The molecule has 3 heterocycles. The lowest BCUT2D eigenvalue weighted by Gasteiger charge is -2.21. The van der Waals surface area contributed by atoms with Gasteiger partial charge in [-0.15, -0.1) is 0 Å². The van der Waals surface area contributed by atoms with Gasteiger partial charge in [0.25, 0.3) is 5.56 Å². The van der Waals surface area contributed by atoms with E-state index in [0.717, 1.165) is 5.56 Å². The van der Waals surface area contributed by atoms with Crippen molar-refractivity contribution < 1.29 is 10.2 Å². The third kappa shape index (κ3) is 2.17. The summed E-state index contributed by atoms with van der Waals surface area (Å²) in [5.74, 6) is 0.0727. The molecule has 1 fully saturated rings. The Morgan fingerprint density at radius 1 is 1.55 bits per heavy atom. The Balaban J connectivity index is 1.93. The van der Waals surface area contributed by atoms with Crippen LogP contribution in [0.5, 0.6) is 0 Å². The zero-order chi connectivity index (χ0) is 14.3. The normalized spacial score (nSPS) is 23.7. The molecule has 0 bridgehead atoms. The number of hydrogen-bond acceptors (Lipinski definition) is 6. The maximum absolute atomic E-state index is 11.7. The van der Waals surface area contributed by atoms with Crippen molar-refractivity contribution in [2.24, 2.45) is 0 Å². The standard InChI is InChI=1S/C12H17N5O3/c13-12-15-9-6(2-14-10(9)11(20)16-12)3-17-4-8(19)1-7(17)5-18/h2,7-8,14,18-19H,1,3-5H2,(H3,13,15,16,20)/t7-,8+/m0/s1. The third-order valence-electron chi connectivity index (χ3n) is 3.72. The summed E-state index contributed by atoms with van der Waals surface area (Å²) in [4.78, 5) is 23.2. The van der Waals surface area contributed by atoms with E-state index in [-0.39, 0.29) is 24.2 Å². The monoisotopic (exact) mass is 279 g/mol. The average molecular weight is 279 g/mol. The molecule has 3 rings (SSSR count). The topological polar surface area (TPSA) is 131 Å². The summed E-state index contributed by atoms with van der Waals surface area (Å²) in [6, 6.07) is -0.0747. The van der Waals surface area contributed by atoms with Crippen molar-refractivity contribution in [1.82, 2.24) is 19.9 Å². The van der Waals surface area contributed by atoms with Crippen molar-refractivity contribution in [1.29, 1.82) is 0 Å². The summed E-state index contributed by atoms with van der Waals surface area (Å²) in [6.07, 6.45) is 1.83. The van der Waals surface area contributed by atoms with E-state index in [4.69, 9.17) is 5.73 Å². The number of aliphatic hydroxyl groups is 2. The van der Waals surface area contributed by atoms with Gasteiger partial charge in [-0.2, -0.15) is 0 Å². The lowest BCUT2D eigenvalue weighted by atomic mass is 10.2. The molecule has 8 nitrogen and oxygen atoms in total. The maximum Gasteiger partial charge on any atom is 0.276 e. The second kappa shape index (κ2) is 4.89. The number of H-pyrrole nitrogens is 2. The van der Waals surface area contributed by atoms with E-state index in [1.54, 1.807) is 6.20 Å². The van der Waals surface area contributed by atoms with Gasteiger partial charge < -0.3 is 20.9 Å². The predicted molar refractivity (Wildman–Crippen MR) is 73.0 cm³/mol. The number of nitrogens with one attached hydrogen (secondary N) is 2. The van der Waals surface area contributed by atoms with Crippen LogP contribution in [0.2, 0.25) is 0 Å². The first-order valence-corrected chi connectivity index (χ1v) is 6.47. The SMILES string of the molecule is Nc1nc2c(CN3C[C@H](O)C[C@H]3CO)c[nH]c2c(=O)[nH]1. The van der Waals surface area contributed by atoms with E-state index in [1.807, 2.05) is 4.90 Å². The molecule has 1 aliphatic rings. The van der Waals surface area contributed by atoms with Crippen LogP contribution >= 0.6 is 0 Å². The number of hydrogen-bond donors (Lipinski definition) is 5. The number of rotatable bonds is 3. The van der Waals surface area contributed by atoms with E-state index in [0.29, 0.717) is 30.5 Å². The highest BCUT2D eigenvalue weighted by Gasteiger charge is 2.30. The Hall–Kier alpha value is -1.90. The first kappa shape index (κ1) is 13.1. The summed E-state index contributed by atoms with van der Waals surface area (Å²) in [7, 11) is 0. The second-order valence-electron chi connectivity index (χ2n) is 5.14. The van der Waals surface area contributed by atoms with Crippen molar-refractivity contribution in [3.8, 4) is 0 Å². The minimum atomic E-state index is -0.432. The second-order valence-corrected chi connectivity index (χ2v) is 5.14. The van der Waals surface area contributed by atoms with Crippen LogP contribution in [0.15, 0.2) is 11.0 Å². The lowest BCUT2D eigenvalue weighted by Crippen LogP contribution is -2.31. The number of aromatic nitrogens is 3. The number of nitrogens with zero attached hydrogens (tertiary/aromatic N) is 2. The molecular weight excluding hydrogens is 262 g/mol. The van der Waals surface area contributed by atoms with E-state index in [9.17, 15) is 15.0 Å². The van der Waals surface area contributed by atoms with Crippen molar-refractivity contribution >= 4 is 17.0 Å². The molecule has 2 aromatic heterocycles. The maximum atomic E-state index is 11.7. The molecule has 0 aliphatic carbocycles. The van der Waals surface area contributed by atoms with Gasteiger partial charge in [-0.1, -0.05) is 0 Å². The number of nitrogen functional groups attached to an aromatic ring is 1. The van der Waals surface area contributed by atoms with Crippen molar-refractivity contribution in [3.05, 3.63) is 22.1 Å². The van der Waals surface area contributed by atoms with E-state index in [1.165, 1.54) is 0 Å². The Bertz CT molecular complexity index is 679. The van der Waals surface area contributed by atoms with Gasteiger partial charge in [0.1, 0.15) is 11.0 Å². The number of fused-ring (bicyclic) bond motifs is 1. The largest absolute Gasteiger partial charge is 0.395 e. The highest BCUT2D eigenvalue weighted by atomic mass is 16.3. The minimum Gasteiger partial charge on any atom is -0.395 e. The van der Waals surface area contributed by atoms with E-state index >= 15 is 0 Å². The highest BCUT2D eigenvalue weighted by Crippen LogP contribution is 2.22. The third-order valence-corrected chi connectivity index (χ3v) is 3.72. The molecule has 0 spiro atoms. The molecule has 6 N–H and O–H groups in total. The fourth-order valence-corrected chi connectivity index (χ4v) is 2.76. The molecule has 108 valence electrons. The number of likely N-dealkylation sites (tertiary alicyclic amines) is 1. The Morgan fingerprint density at radius 3 is 3.10 bits per heavy atom. The van der Waals surface area contributed by atoms with E-state index in [2.05, 4.69) is 15.0 Å². The molecule has 20 heavy (non-hydrogen) atoms. The van der Waals surface area contributed by atoms with Gasteiger partial charge in [0, 0.05) is 30.9 Å². The summed E-state index contributed by atoms with van der Waals surface area (Å²) in [5.41, 5.74) is 7.00. The van der Waals surface area contributed by atoms with Gasteiger partial charge in [-0.25, -0.2) is 4.98 Å². The lowest BCUT2D eigenvalue weighted by molar-refractivity contribution is 0.150. The molecule has 0 aromatic carbocycles. The molecule has 0 unspecified atom stereocenters. The predicted octanol–water partition coefficient (Wildman–Crippen LogP) is -1.24. The van der Waals surface area contributed by atoms with Gasteiger partial charge in [0.2, 0.25) is 5.95 Å². The van der Waals surface area contributed by atoms with Gasteiger partial charge in [-0.05, 0) is 6.42 Å². The van der Waals surface area contributed by atoms with Gasteiger partial charge in [0.05, 0.1) is 12.7 Å². The van der Waals surface area contributed by atoms with Crippen LogP contribution in [0.1, 0.15) is 12.0 Å². The summed E-state index contributed by atoms with van der Waals surface area (Å²) in [5, 5.41) is 19.0. The minimum absolute atomic E-state index is 0.00440. The number of anilines is 1. The van der Waals surface area contributed by atoms with Crippen LogP contribution in [-0.4, -0.2) is 55.4 Å². The Morgan fingerprint density at radius 2 is 2.35 bits per heavy atom. The van der Waals surface area contributed by atoms with Crippen LogP contribution in [0.4, 0.5) is 5.95 Å². The zero-order valence-corrected chi connectivity index (χ0v) is 10.8.